The highest BCUT2D eigenvalue weighted by atomic mass is 79.9. The molecule has 2 aromatic carbocycles. The van der Waals surface area contributed by atoms with Gasteiger partial charge >= 0.3 is 0 Å². The van der Waals surface area contributed by atoms with Gasteiger partial charge in [0.1, 0.15) is 10.9 Å². The molecule has 4 nitrogen and oxygen atoms in total. The van der Waals surface area contributed by atoms with Crippen LogP contribution >= 0.6 is 27.3 Å². The molecular weight excluding hydrogens is 444 g/mol. The number of nitriles is 1. The van der Waals surface area contributed by atoms with E-state index >= 15 is 0 Å². The minimum absolute atomic E-state index is 0.532. The van der Waals surface area contributed by atoms with E-state index in [4.69, 9.17) is 0 Å². The van der Waals surface area contributed by atoms with Gasteiger partial charge in [-0.15, -0.1) is 11.3 Å². The number of rotatable bonds is 3. The summed E-state index contributed by atoms with van der Waals surface area (Å²) in [6, 6.07) is 18.8. The van der Waals surface area contributed by atoms with Gasteiger partial charge in [-0.2, -0.15) is 5.26 Å². The normalized spacial score (nSPS) is 11.1. The summed E-state index contributed by atoms with van der Waals surface area (Å²) < 4.78 is 1.03. The molecule has 29 heavy (non-hydrogen) atoms. The van der Waals surface area contributed by atoms with Crippen LogP contribution in [0.15, 0.2) is 65.4 Å². The topological polar surface area (TPSA) is 64.5 Å². The number of fused-ring (bicyclic) bond motifs is 2. The number of aromatic amines is 1. The molecule has 2 N–H and O–H groups in total. The summed E-state index contributed by atoms with van der Waals surface area (Å²) in [5.74, 6) is 0. The smallest absolute Gasteiger partial charge is 0.126 e. The number of nitrogens with one attached hydrogen (secondary N) is 2. The quantitative estimate of drug-likeness (QED) is 0.302. The fraction of sp³-hybridized carbons (Fsp3) is 0.0435. The minimum Gasteiger partial charge on any atom is -0.361 e. The first-order chi connectivity index (χ1) is 14.1. The summed E-state index contributed by atoms with van der Waals surface area (Å²) in [7, 11) is 0. The van der Waals surface area contributed by atoms with Crippen molar-refractivity contribution in [1.29, 1.82) is 5.26 Å². The Hall–Kier alpha value is -3.14. The fourth-order valence-corrected chi connectivity index (χ4v) is 4.95. The zero-order chi connectivity index (χ0) is 20.0. The molecule has 0 bridgehead atoms. The summed E-state index contributed by atoms with van der Waals surface area (Å²) in [4.78, 5) is 9.78. The van der Waals surface area contributed by atoms with Gasteiger partial charge in [0.15, 0.2) is 0 Å². The third-order valence-corrected chi connectivity index (χ3v) is 6.64. The Morgan fingerprint density at radius 3 is 2.86 bits per heavy atom. The highest BCUT2D eigenvalue weighted by Gasteiger charge is 2.15. The summed E-state index contributed by atoms with van der Waals surface area (Å²) in [6.45, 7) is 2.09. The number of pyridine rings is 1. The van der Waals surface area contributed by atoms with Crippen molar-refractivity contribution in [2.75, 3.05) is 5.32 Å². The van der Waals surface area contributed by atoms with E-state index in [2.05, 4.69) is 74.5 Å². The van der Waals surface area contributed by atoms with E-state index < -0.39 is 0 Å². The van der Waals surface area contributed by atoms with Gasteiger partial charge in [-0.1, -0.05) is 28.1 Å². The molecule has 0 saturated heterocycles. The van der Waals surface area contributed by atoms with Crippen LogP contribution in [0.4, 0.5) is 11.4 Å². The molecule has 6 heteroatoms. The predicted octanol–water partition coefficient (Wildman–Crippen LogP) is 7.13. The van der Waals surface area contributed by atoms with Crippen molar-refractivity contribution >= 4 is 59.8 Å². The Balaban J connectivity index is 1.67. The van der Waals surface area contributed by atoms with Crippen LogP contribution in [0.3, 0.4) is 0 Å². The van der Waals surface area contributed by atoms with Crippen molar-refractivity contribution in [3.05, 3.63) is 76.5 Å². The average Bonchev–Trinajstić information content (AvgIpc) is 3.37. The molecule has 140 valence electrons. The first-order valence-corrected chi connectivity index (χ1v) is 10.7. The van der Waals surface area contributed by atoms with Gasteiger partial charge in [0.25, 0.3) is 0 Å². The van der Waals surface area contributed by atoms with Crippen LogP contribution in [0.25, 0.3) is 31.6 Å². The molecule has 0 aliphatic rings. The second-order valence-corrected chi connectivity index (χ2v) is 8.75. The van der Waals surface area contributed by atoms with Crippen molar-refractivity contribution in [3.8, 4) is 16.5 Å². The van der Waals surface area contributed by atoms with Gasteiger partial charge in [-0.05, 0) is 54.4 Å². The molecule has 0 radical (unpaired) electrons. The van der Waals surface area contributed by atoms with E-state index in [1.54, 1.807) is 17.5 Å². The predicted molar refractivity (Wildman–Crippen MR) is 124 cm³/mol. The Labute approximate surface area is 180 Å². The molecule has 0 amide bonds. The van der Waals surface area contributed by atoms with Gasteiger partial charge in [0.05, 0.1) is 11.3 Å². The van der Waals surface area contributed by atoms with Gasteiger partial charge in [0.2, 0.25) is 0 Å². The van der Waals surface area contributed by atoms with E-state index in [1.807, 2.05) is 24.4 Å². The largest absolute Gasteiger partial charge is 0.361 e. The van der Waals surface area contributed by atoms with E-state index in [-0.39, 0.29) is 0 Å². The number of thiophene rings is 1. The van der Waals surface area contributed by atoms with Crippen LogP contribution in [0.1, 0.15) is 11.1 Å². The molecule has 3 heterocycles. The molecule has 0 aliphatic heterocycles. The fourth-order valence-electron chi connectivity index (χ4n) is 3.55. The molecular formula is C23H15BrN4S. The zero-order valence-electron chi connectivity index (χ0n) is 15.5. The molecule has 0 unspecified atom stereocenters. The lowest BCUT2D eigenvalue weighted by Gasteiger charge is -2.12. The van der Waals surface area contributed by atoms with Gasteiger partial charge in [-0.3, -0.25) is 0 Å². The summed E-state index contributed by atoms with van der Waals surface area (Å²) in [5, 5.41) is 15.3. The van der Waals surface area contributed by atoms with Crippen LogP contribution in [0.2, 0.25) is 0 Å². The highest BCUT2D eigenvalue weighted by Crippen LogP contribution is 2.39. The maximum Gasteiger partial charge on any atom is 0.126 e. The number of H-pyrrole nitrogens is 1. The van der Waals surface area contributed by atoms with Crippen LogP contribution < -0.4 is 5.32 Å². The molecule has 5 rings (SSSR count). The number of hydrogen-bond donors (Lipinski definition) is 2. The zero-order valence-corrected chi connectivity index (χ0v) is 17.9. The Morgan fingerprint density at radius 2 is 2.03 bits per heavy atom. The summed E-state index contributed by atoms with van der Waals surface area (Å²) >= 11 is 5.16. The number of nitrogens with zero attached hydrogens (tertiary/aromatic N) is 2. The Kier molecular flexibility index (Phi) is 4.35. The SMILES string of the molecule is Cc1c(Nc2c(C#N)cnc3sc(-c4cccc(Br)c4)cc23)ccc2[nH]ccc12. The molecule has 0 saturated carbocycles. The van der Waals surface area contributed by atoms with E-state index in [0.717, 1.165) is 47.6 Å². The van der Waals surface area contributed by atoms with Gasteiger partial charge in [-0.25, -0.2) is 4.98 Å². The number of aromatic nitrogens is 2. The maximum atomic E-state index is 9.69. The Morgan fingerprint density at radius 1 is 1.14 bits per heavy atom. The van der Waals surface area contributed by atoms with Crippen molar-refractivity contribution in [3.63, 3.8) is 0 Å². The lowest BCUT2D eigenvalue weighted by Crippen LogP contribution is -1.97. The standard InChI is InChI=1S/C23H15BrN4S/c1-13-17-7-8-26-20(17)6-5-19(13)28-22-15(11-25)12-27-23-18(22)10-21(29-23)14-3-2-4-16(24)9-14/h2-10,12,26H,1H3,(H,27,28). The monoisotopic (exact) mass is 458 g/mol. The molecule has 0 fully saturated rings. The van der Waals surface area contributed by atoms with Gasteiger partial charge < -0.3 is 10.3 Å². The molecule has 0 atom stereocenters. The van der Waals surface area contributed by atoms with Crippen molar-refractivity contribution in [2.24, 2.45) is 0 Å². The third-order valence-electron chi connectivity index (χ3n) is 5.05. The number of benzene rings is 2. The molecule has 5 aromatic rings. The number of aryl methyl sites for hydroxylation is 1. The second-order valence-electron chi connectivity index (χ2n) is 6.80. The van der Waals surface area contributed by atoms with E-state index in [1.165, 1.54) is 5.39 Å². The first kappa shape index (κ1) is 17.9. The van der Waals surface area contributed by atoms with Crippen molar-refractivity contribution in [2.45, 2.75) is 6.92 Å². The van der Waals surface area contributed by atoms with Crippen molar-refractivity contribution in [1.82, 2.24) is 9.97 Å². The van der Waals surface area contributed by atoms with E-state index in [0.29, 0.717) is 5.56 Å². The second kappa shape index (κ2) is 7.03. The average molecular weight is 459 g/mol. The molecule has 0 aliphatic carbocycles. The highest BCUT2D eigenvalue weighted by molar-refractivity contribution is 9.10. The molecule has 3 aromatic heterocycles. The summed E-state index contributed by atoms with van der Waals surface area (Å²) in [5.41, 5.74) is 5.67. The molecule has 0 spiro atoms. The van der Waals surface area contributed by atoms with E-state index in [9.17, 15) is 5.26 Å². The minimum atomic E-state index is 0.532. The third kappa shape index (κ3) is 3.09. The first-order valence-electron chi connectivity index (χ1n) is 9.06. The lowest BCUT2D eigenvalue weighted by atomic mass is 10.1. The van der Waals surface area contributed by atoms with Crippen LogP contribution in [-0.4, -0.2) is 9.97 Å². The van der Waals surface area contributed by atoms with Crippen LogP contribution in [0.5, 0.6) is 0 Å². The Bertz CT molecular complexity index is 1420. The van der Waals surface area contributed by atoms with Crippen molar-refractivity contribution < 1.29 is 0 Å². The maximum absolute atomic E-state index is 9.69. The number of hydrogen-bond acceptors (Lipinski definition) is 4. The number of halogens is 1. The lowest BCUT2D eigenvalue weighted by molar-refractivity contribution is 1.38. The number of anilines is 2. The summed E-state index contributed by atoms with van der Waals surface area (Å²) in [6.07, 6.45) is 3.59. The van der Waals surface area contributed by atoms with Crippen LogP contribution in [-0.2, 0) is 0 Å². The van der Waals surface area contributed by atoms with Crippen LogP contribution in [0, 0.1) is 18.3 Å². The van der Waals surface area contributed by atoms with Gasteiger partial charge in [0, 0.05) is 43.7 Å².